The van der Waals surface area contributed by atoms with Gasteiger partial charge in [-0.25, -0.2) is 8.42 Å². The normalized spacial score (nSPS) is 18.1. The van der Waals surface area contributed by atoms with Gasteiger partial charge in [0.15, 0.2) is 5.82 Å². The van der Waals surface area contributed by atoms with Crippen LogP contribution in [-0.2, 0) is 16.2 Å². The van der Waals surface area contributed by atoms with Gasteiger partial charge in [-0.1, -0.05) is 12.8 Å². The van der Waals surface area contributed by atoms with E-state index in [0.29, 0.717) is 5.69 Å². The topological polar surface area (TPSA) is 143 Å². The van der Waals surface area contributed by atoms with E-state index in [1.807, 2.05) is 0 Å². The fourth-order valence-electron chi connectivity index (χ4n) is 4.21. The average molecular weight is 533 g/mol. The number of aromatic nitrogens is 2. The molecule has 4 N–H and O–H groups in total. The first-order valence-electron chi connectivity index (χ1n) is 11.3. The molecule has 194 valence electrons. The van der Waals surface area contributed by atoms with Crippen molar-refractivity contribution in [1.29, 1.82) is 5.26 Å². The molecular weight excluding hydrogens is 509 g/mol. The zero-order valence-corrected chi connectivity index (χ0v) is 20.2. The highest BCUT2D eigenvalue weighted by molar-refractivity contribution is 7.92. The molecule has 9 nitrogen and oxygen atoms in total. The zero-order chi connectivity index (χ0) is 26.8. The van der Waals surface area contributed by atoms with E-state index in [-0.39, 0.29) is 33.9 Å². The Bertz CT molecular complexity index is 1430. The summed E-state index contributed by atoms with van der Waals surface area (Å²) < 4.78 is 67.4. The Labute approximate surface area is 211 Å². The number of anilines is 3. The molecule has 0 saturated heterocycles. The van der Waals surface area contributed by atoms with Gasteiger partial charge in [-0.05, 0) is 61.4 Å². The summed E-state index contributed by atoms with van der Waals surface area (Å²) in [6, 6.07) is 11.2. The monoisotopic (exact) mass is 532 g/mol. The second-order valence-corrected chi connectivity index (χ2v) is 10.3. The molecule has 1 fully saturated rings. The molecule has 1 aromatic heterocycles. The van der Waals surface area contributed by atoms with Crippen LogP contribution in [0.2, 0.25) is 0 Å². The van der Waals surface area contributed by atoms with Gasteiger partial charge < -0.3 is 11.1 Å². The van der Waals surface area contributed by atoms with Crippen molar-refractivity contribution in [2.75, 3.05) is 10.0 Å². The van der Waals surface area contributed by atoms with E-state index in [2.05, 4.69) is 21.2 Å². The van der Waals surface area contributed by atoms with Crippen molar-refractivity contribution >= 4 is 33.1 Å². The van der Waals surface area contributed by atoms with Crippen LogP contribution < -0.4 is 15.8 Å². The summed E-state index contributed by atoms with van der Waals surface area (Å²) in [4.78, 5) is 11.9. The number of hydrogen-bond acceptors (Lipinski definition) is 6. The van der Waals surface area contributed by atoms with Gasteiger partial charge in [0.05, 0.1) is 28.5 Å². The van der Waals surface area contributed by atoms with Crippen LogP contribution in [0, 0.1) is 17.2 Å². The highest BCUT2D eigenvalue weighted by Crippen LogP contribution is 2.35. The number of nitriles is 1. The van der Waals surface area contributed by atoms with Crippen LogP contribution >= 0.6 is 0 Å². The number of alkyl halides is 3. The Kier molecular flexibility index (Phi) is 7.13. The largest absolute Gasteiger partial charge is 0.416 e. The summed E-state index contributed by atoms with van der Waals surface area (Å²) in [7, 11) is -4.08. The van der Waals surface area contributed by atoms with Crippen LogP contribution in [0.1, 0.15) is 47.6 Å². The molecule has 1 saturated carbocycles. The second kappa shape index (κ2) is 10.1. The summed E-state index contributed by atoms with van der Waals surface area (Å²) in [5, 5.41) is 16.9. The van der Waals surface area contributed by atoms with E-state index < -0.39 is 27.7 Å². The number of sulfonamides is 1. The van der Waals surface area contributed by atoms with E-state index in [0.717, 1.165) is 49.9 Å². The molecule has 1 amide bonds. The summed E-state index contributed by atoms with van der Waals surface area (Å²) in [5.74, 6) is -0.768. The maximum Gasteiger partial charge on any atom is 0.416 e. The number of carbonyl (C=O) groups is 1. The van der Waals surface area contributed by atoms with Gasteiger partial charge in [-0.3, -0.25) is 14.2 Å². The van der Waals surface area contributed by atoms with Crippen molar-refractivity contribution in [3.8, 4) is 6.07 Å². The molecule has 0 bridgehead atoms. The number of halogens is 3. The van der Waals surface area contributed by atoms with E-state index in [1.54, 1.807) is 4.68 Å². The van der Waals surface area contributed by atoms with Gasteiger partial charge in [-0.15, -0.1) is 0 Å². The number of primary amides is 1. The lowest BCUT2D eigenvalue weighted by molar-refractivity contribution is -0.137. The standard InChI is InChI=1S/C24H23F3N6O3S/c25-24(26,27)16-5-7-18(8-6-16)32-37(35,36)19-11-9-17(10-12-19)30-23-20(22(29)34)14-33(31-23)21-4-2-1-3-15(21)13-28/h5-12,14-15,21,32H,1-4H2,(H2,29,34)(H,30,31). The molecule has 3 aromatic rings. The molecule has 37 heavy (non-hydrogen) atoms. The second-order valence-electron chi connectivity index (χ2n) is 8.65. The number of nitrogens with one attached hydrogen (secondary N) is 2. The number of benzene rings is 2. The summed E-state index contributed by atoms with van der Waals surface area (Å²) >= 11 is 0. The number of nitrogens with two attached hydrogens (primary N) is 1. The molecule has 4 rings (SSSR count). The molecule has 1 heterocycles. The molecule has 0 radical (unpaired) electrons. The maximum atomic E-state index is 12.7. The van der Waals surface area contributed by atoms with Gasteiger partial charge in [0.25, 0.3) is 15.9 Å². The van der Waals surface area contributed by atoms with Crippen molar-refractivity contribution in [3.63, 3.8) is 0 Å². The summed E-state index contributed by atoms with van der Waals surface area (Å²) in [5.41, 5.74) is 5.15. The first-order valence-corrected chi connectivity index (χ1v) is 12.8. The molecule has 2 unspecified atom stereocenters. The molecule has 0 aliphatic heterocycles. The van der Waals surface area contributed by atoms with Crippen LogP contribution in [0.5, 0.6) is 0 Å². The van der Waals surface area contributed by atoms with Crippen LogP contribution in [0.25, 0.3) is 0 Å². The molecule has 0 spiro atoms. The van der Waals surface area contributed by atoms with Crippen LogP contribution in [-0.4, -0.2) is 24.1 Å². The Balaban J connectivity index is 1.51. The molecule has 1 aliphatic rings. The predicted molar refractivity (Wildman–Crippen MR) is 129 cm³/mol. The van der Waals surface area contributed by atoms with Crippen molar-refractivity contribution < 1.29 is 26.4 Å². The number of rotatable bonds is 7. The fraction of sp³-hybridized carbons (Fsp3) is 0.292. The number of carbonyl (C=O) groups excluding carboxylic acids is 1. The van der Waals surface area contributed by atoms with Crippen molar-refractivity contribution in [3.05, 3.63) is 65.9 Å². The van der Waals surface area contributed by atoms with E-state index >= 15 is 0 Å². The molecule has 2 aromatic carbocycles. The quantitative estimate of drug-likeness (QED) is 0.399. The smallest absolute Gasteiger partial charge is 0.365 e. The van der Waals surface area contributed by atoms with Gasteiger partial charge >= 0.3 is 6.18 Å². The Hall–Kier alpha value is -4.05. The van der Waals surface area contributed by atoms with E-state index in [9.17, 15) is 31.6 Å². The SMILES string of the molecule is N#CC1CCCCC1n1cc(C(N)=O)c(Nc2ccc(S(=O)(=O)Nc3ccc(C(F)(F)F)cc3)cc2)n1. The highest BCUT2D eigenvalue weighted by Gasteiger charge is 2.30. The van der Waals surface area contributed by atoms with Gasteiger partial charge in [0.2, 0.25) is 0 Å². The zero-order valence-electron chi connectivity index (χ0n) is 19.4. The third-order valence-electron chi connectivity index (χ3n) is 6.12. The summed E-state index contributed by atoms with van der Waals surface area (Å²) in [6.07, 6.45) is 0.360. The highest BCUT2D eigenvalue weighted by atomic mass is 32.2. The third kappa shape index (κ3) is 5.86. The molecular formula is C24H23F3N6O3S. The molecule has 1 aliphatic carbocycles. The van der Waals surface area contributed by atoms with Crippen LogP contribution in [0.3, 0.4) is 0 Å². The van der Waals surface area contributed by atoms with Gasteiger partial charge in [-0.2, -0.15) is 23.5 Å². The Morgan fingerprint density at radius 2 is 1.68 bits per heavy atom. The molecule has 13 heteroatoms. The average Bonchev–Trinajstić information content (AvgIpc) is 3.28. The van der Waals surface area contributed by atoms with Crippen LogP contribution in [0.15, 0.2) is 59.6 Å². The minimum absolute atomic E-state index is 0.0229. The summed E-state index contributed by atoms with van der Waals surface area (Å²) in [6.45, 7) is 0. The van der Waals surface area contributed by atoms with E-state index in [4.69, 9.17) is 5.73 Å². The first kappa shape index (κ1) is 26.0. The van der Waals surface area contributed by atoms with Crippen molar-refractivity contribution in [2.45, 2.75) is 42.8 Å². The first-order chi connectivity index (χ1) is 17.5. The lowest BCUT2D eigenvalue weighted by atomic mass is 9.85. The number of amides is 1. The minimum atomic E-state index is -4.53. The van der Waals surface area contributed by atoms with Crippen molar-refractivity contribution in [2.24, 2.45) is 11.7 Å². The fourth-order valence-corrected chi connectivity index (χ4v) is 5.27. The Morgan fingerprint density at radius 1 is 1.05 bits per heavy atom. The number of hydrogen-bond donors (Lipinski definition) is 3. The van der Waals surface area contributed by atoms with Gasteiger partial charge in [0, 0.05) is 17.6 Å². The lowest BCUT2D eigenvalue weighted by Gasteiger charge is -2.26. The minimum Gasteiger partial charge on any atom is -0.365 e. The van der Waals surface area contributed by atoms with Crippen LogP contribution in [0.4, 0.5) is 30.4 Å². The molecule has 2 atom stereocenters. The number of nitrogens with zero attached hydrogens (tertiary/aromatic N) is 3. The maximum absolute atomic E-state index is 12.7. The Morgan fingerprint density at radius 3 is 2.27 bits per heavy atom. The van der Waals surface area contributed by atoms with Gasteiger partial charge in [0.1, 0.15) is 5.56 Å². The predicted octanol–water partition coefficient (Wildman–Crippen LogP) is 4.80. The third-order valence-corrected chi connectivity index (χ3v) is 7.52. The van der Waals surface area contributed by atoms with E-state index in [1.165, 1.54) is 30.5 Å². The van der Waals surface area contributed by atoms with Crippen molar-refractivity contribution in [1.82, 2.24) is 9.78 Å². The lowest BCUT2D eigenvalue weighted by Crippen LogP contribution is -2.22.